The second-order valence-electron chi connectivity index (χ2n) is 3.19. The summed E-state index contributed by atoms with van der Waals surface area (Å²) in [5.41, 5.74) is 3.31. The molecule has 0 bridgehead atoms. The summed E-state index contributed by atoms with van der Waals surface area (Å²) in [4.78, 5) is 0. The molecule has 0 aromatic carbocycles. The Morgan fingerprint density at radius 2 is 2.38 bits per heavy atom. The Morgan fingerprint density at radius 3 is 3.15 bits per heavy atom. The number of aromatic nitrogens is 2. The van der Waals surface area contributed by atoms with E-state index in [9.17, 15) is 0 Å². The van der Waals surface area contributed by atoms with E-state index in [0.717, 1.165) is 23.3 Å². The molecule has 0 radical (unpaired) electrons. The van der Waals surface area contributed by atoms with Gasteiger partial charge in [-0.05, 0) is 25.0 Å². The highest BCUT2D eigenvalue weighted by Crippen LogP contribution is 2.20. The SMILES string of the molecule is C=C(C)c1cnn2c1C=CCC=C2. The van der Waals surface area contributed by atoms with Crippen LogP contribution in [-0.4, -0.2) is 9.78 Å². The lowest BCUT2D eigenvalue weighted by Crippen LogP contribution is -1.91. The lowest BCUT2D eigenvalue weighted by Gasteiger charge is -1.98. The fourth-order valence-corrected chi connectivity index (χ4v) is 1.40. The summed E-state index contributed by atoms with van der Waals surface area (Å²) in [5, 5.41) is 4.26. The maximum Gasteiger partial charge on any atom is 0.0733 e. The van der Waals surface area contributed by atoms with Crippen LogP contribution in [0.25, 0.3) is 17.8 Å². The van der Waals surface area contributed by atoms with Crippen molar-refractivity contribution in [3.63, 3.8) is 0 Å². The second kappa shape index (κ2) is 3.05. The molecule has 0 N–H and O–H groups in total. The Balaban J connectivity index is 2.58. The van der Waals surface area contributed by atoms with Crippen LogP contribution in [0.3, 0.4) is 0 Å². The van der Waals surface area contributed by atoms with Gasteiger partial charge in [0.2, 0.25) is 0 Å². The van der Waals surface area contributed by atoms with Crippen LogP contribution in [0.1, 0.15) is 24.6 Å². The molecule has 0 atom stereocenters. The molecule has 0 fully saturated rings. The van der Waals surface area contributed by atoms with Gasteiger partial charge in [-0.2, -0.15) is 5.10 Å². The van der Waals surface area contributed by atoms with E-state index < -0.39 is 0 Å². The van der Waals surface area contributed by atoms with E-state index in [0.29, 0.717) is 0 Å². The van der Waals surface area contributed by atoms with Crippen LogP contribution >= 0.6 is 0 Å². The zero-order chi connectivity index (χ0) is 9.26. The van der Waals surface area contributed by atoms with Crippen molar-refractivity contribution in [3.05, 3.63) is 36.2 Å². The molecule has 13 heavy (non-hydrogen) atoms. The molecule has 1 aliphatic heterocycles. The van der Waals surface area contributed by atoms with E-state index >= 15 is 0 Å². The fourth-order valence-electron chi connectivity index (χ4n) is 1.40. The van der Waals surface area contributed by atoms with E-state index in [1.807, 2.05) is 24.0 Å². The smallest absolute Gasteiger partial charge is 0.0733 e. The molecule has 0 saturated carbocycles. The Hall–Kier alpha value is -1.57. The van der Waals surface area contributed by atoms with Crippen LogP contribution in [0, 0.1) is 0 Å². The molecule has 66 valence electrons. The molecule has 0 unspecified atom stereocenters. The van der Waals surface area contributed by atoms with Crippen LogP contribution in [-0.2, 0) is 0 Å². The first-order chi connectivity index (χ1) is 6.29. The van der Waals surface area contributed by atoms with Crippen molar-refractivity contribution >= 4 is 17.8 Å². The zero-order valence-corrected chi connectivity index (χ0v) is 7.70. The Bertz CT molecular complexity index is 394. The Morgan fingerprint density at radius 1 is 1.54 bits per heavy atom. The van der Waals surface area contributed by atoms with Crippen molar-refractivity contribution in [2.45, 2.75) is 13.3 Å². The normalized spacial score (nSPS) is 13.9. The first-order valence-corrected chi connectivity index (χ1v) is 4.35. The number of fused-ring (bicyclic) bond motifs is 1. The highest BCUT2D eigenvalue weighted by atomic mass is 15.3. The van der Waals surface area contributed by atoms with Gasteiger partial charge in [0.1, 0.15) is 0 Å². The van der Waals surface area contributed by atoms with Gasteiger partial charge >= 0.3 is 0 Å². The summed E-state index contributed by atoms with van der Waals surface area (Å²) in [6.45, 7) is 5.93. The minimum atomic E-state index is 0.971. The first kappa shape index (κ1) is 8.05. The monoisotopic (exact) mass is 172 g/mol. The van der Waals surface area contributed by atoms with E-state index in [2.05, 4.69) is 29.9 Å². The molecular formula is C11H12N2. The van der Waals surface area contributed by atoms with Gasteiger partial charge in [0, 0.05) is 11.8 Å². The van der Waals surface area contributed by atoms with Gasteiger partial charge in [-0.25, -0.2) is 4.68 Å². The van der Waals surface area contributed by atoms with E-state index in [4.69, 9.17) is 0 Å². The highest BCUT2D eigenvalue weighted by molar-refractivity contribution is 5.71. The molecule has 1 aliphatic rings. The molecule has 0 aliphatic carbocycles. The number of hydrogen-bond donors (Lipinski definition) is 0. The van der Waals surface area contributed by atoms with Gasteiger partial charge in [-0.1, -0.05) is 18.7 Å². The van der Waals surface area contributed by atoms with Crippen LogP contribution in [0.5, 0.6) is 0 Å². The summed E-state index contributed by atoms with van der Waals surface area (Å²) in [6.07, 6.45) is 11.1. The van der Waals surface area contributed by atoms with Crippen molar-refractivity contribution in [1.82, 2.24) is 9.78 Å². The molecular weight excluding hydrogens is 160 g/mol. The summed E-state index contributed by atoms with van der Waals surface area (Å²) in [5.74, 6) is 0. The topological polar surface area (TPSA) is 17.8 Å². The number of rotatable bonds is 1. The van der Waals surface area contributed by atoms with Crippen LogP contribution in [0.2, 0.25) is 0 Å². The van der Waals surface area contributed by atoms with Gasteiger partial charge in [0.25, 0.3) is 0 Å². The Kier molecular flexibility index (Phi) is 1.89. The van der Waals surface area contributed by atoms with E-state index in [-0.39, 0.29) is 0 Å². The molecule has 1 aromatic heterocycles. The van der Waals surface area contributed by atoms with Crippen LogP contribution in [0.15, 0.2) is 24.9 Å². The largest absolute Gasteiger partial charge is 0.241 e. The number of nitrogens with zero attached hydrogens (tertiary/aromatic N) is 2. The van der Waals surface area contributed by atoms with E-state index in [1.165, 1.54) is 0 Å². The third-order valence-electron chi connectivity index (χ3n) is 2.09. The molecule has 0 saturated heterocycles. The van der Waals surface area contributed by atoms with Crippen LogP contribution in [0.4, 0.5) is 0 Å². The van der Waals surface area contributed by atoms with Crippen molar-refractivity contribution in [2.24, 2.45) is 0 Å². The van der Waals surface area contributed by atoms with Gasteiger partial charge in [0.05, 0.1) is 11.9 Å². The lowest BCUT2D eigenvalue weighted by atomic mass is 10.1. The molecule has 2 heteroatoms. The minimum absolute atomic E-state index is 0.971. The van der Waals surface area contributed by atoms with Gasteiger partial charge in [-0.15, -0.1) is 0 Å². The molecule has 2 nitrogen and oxygen atoms in total. The number of hydrogen-bond acceptors (Lipinski definition) is 1. The fraction of sp³-hybridized carbons (Fsp3) is 0.182. The predicted octanol–water partition coefficient (Wildman–Crippen LogP) is 2.80. The molecule has 1 aromatic rings. The van der Waals surface area contributed by atoms with Crippen molar-refractivity contribution in [3.8, 4) is 0 Å². The van der Waals surface area contributed by atoms with Crippen molar-refractivity contribution in [1.29, 1.82) is 0 Å². The molecule has 0 amide bonds. The molecule has 0 spiro atoms. The Labute approximate surface area is 77.9 Å². The first-order valence-electron chi connectivity index (χ1n) is 4.35. The summed E-state index contributed by atoms with van der Waals surface area (Å²) >= 11 is 0. The van der Waals surface area contributed by atoms with E-state index in [1.54, 1.807) is 0 Å². The molecule has 2 rings (SSSR count). The molecule has 2 heterocycles. The number of allylic oxidation sites excluding steroid dienone is 3. The van der Waals surface area contributed by atoms with Gasteiger partial charge in [0.15, 0.2) is 0 Å². The third-order valence-corrected chi connectivity index (χ3v) is 2.09. The average molecular weight is 172 g/mol. The standard InChI is InChI=1S/C11H12N2/c1-9(2)10-8-12-13-7-5-3-4-6-11(10)13/h4-8H,1,3H2,2H3. The van der Waals surface area contributed by atoms with Crippen LogP contribution < -0.4 is 0 Å². The highest BCUT2D eigenvalue weighted by Gasteiger charge is 2.07. The van der Waals surface area contributed by atoms with Crippen molar-refractivity contribution in [2.75, 3.05) is 0 Å². The van der Waals surface area contributed by atoms with Crippen molar-refractivity contribution < 1.29 is 0 Å². The van der Waals surface area contributed by atoms with Gasteiger partial charge < -0.3 is 0 Å². The summed E-state index contributed by atoms with van der Waals surface area (Å²) in [6, 6.07) is 0. The lowest BCUT2D eigenvalue weighted by molar-refractivity contribution is 0.924. The third kappa shape index (κ3) is 1.35. The summed E-state index contributed by atoms with van der Waals surface area (Å²) < 4.78 is 1.88. The minimum Gasteiger partial charge on any atom is -0.241 e. The zero-order valence-electron chi connectivity index (χ0n) is 7.70. The second-order valence-corrected chi connectivity index (χ2v) is 3.19. The average Bonchev–Trinajstić information content (AvgIpc) is 2.36. The quantitative estimate of drug-likeness (QED) is 0.637. The maximum absolute atomic E-state index is 4.26. The maximum atomic E-state index is 4.26. The predicted molar refractivity (Wildman–Crippen MR) is 55.9 cm³/mol. The summed E-state index contributed by atoms with van der Waals surface area (Å²) in [7, 11) is 0. The van der Waals surface area contributed by atoms with Gasteiger partial charge in [-0.3, -0.25) is 0 Å².